The molecule has 0 bridgehead atoms. The van der Waals surface area contributed by atoms with Crippen molar-refractivity contribution in [1.82, 2.24) is 24.1 Å². The average molecular weight is 491 g/mol. The Morgan fingerprint density at radius 2 is 1.76 bits per heavy atom. The highest BCUT2D eigenvalue weighted by molar-refractivity contribution is 5.93. The largest absolute Gasteiger partial charge is 0.368 e. The van der Waals surface area contributed by atoms with Gasteiger partial charge in [0, 0.05) is 18.7 Å². The van der Waals surface area contributed by atoms with Gasteiger partial charge in [0.1, 0.15) is 23.3 Å². The number of pyridine rings is 1. The fraction of sp³-hybridized carbons (Fsp3) is 0.111. The van der Waals surface area contributed by atoms with E-state index in [4.69, 9.17) is 10.7 Å². The molecule has 0 unspecified atom stereocenters. The molecule has 0 saturated heterocycles. The highest BCUT2D eigenvalue weighted by Gasteiger charge is 2.22. The molecule has 0 amide bonds. The van der Waals surface area contributed by atoms with Gasteiger partial charge in [-0.1, -0.05) is 36.4 Å². The zero-order valence-corrected chi connectivity index (χ0v) is 20.1. The number of rotatable bonds is 5. The van der Waals surface area contributed by atoms with Crippen molar-refractivity contribution in [2.24, 2.45) is 7.05 Å². The van der Waals surface area contributed by atoms with Gasteiger partial charge in [-0.25, -0.2) is 9.97 Å². The Morgan fingerprint density at radius 1 is 1.00 bits per heavy atom. The van der Waals surface area contributed by atoms with Crippen LogP contribution in [0.2, 0.25) is 0 Å². The van der Waals surface area contributed by atoms with Crippen molar-refractivity contribution in [1.29, 1.82) is 5.26 Å². The molecule has 0 aliphatic rings. The fourth-order valence-corrected chi connectivity index (χ4v) is 4.27. The number of nitriles is 1. The monoisotopic (exact) mass is 490 g/mol. The molecule has 3 N–H and O–H groups in total. The number of para-hydroxylation sites is 1. The fourth-order valence-electron chi connectivity index (χ4n) is 4.27. The number of hydrogen-bond donors (Lipinski definition) is 2. The first-order valence-corrected chi connectivity index (χ1v) is 11.5. The molecule has 5 aromatic rings. The molecule has 0 aliphatic heterocycles. The highest BCUT2D eigenvalue weighted by Crippen LogP contribution is 2.28. The van der Waals surface area contributed by atoms with Crippen molar-refractivity contribution in [2.75, 3.05) is 11.1 Å². The number of nitrogens with two attached hydrogens (primary N) is 1. The summed E-state index contributed by atoms with van der Waals surface area (Å²) in [6.07, 6.45) is 1.34. The van der Waals surface area contributed by atoms with E-state index < -0.39 is 6.04 Å². The minimum absolute atomic E-state index is 0.0127. The summed E-state index contributed by atoms with van der Waals surface area (Å²) in [6, 6.07) is 20.9. The summed E-state index contributed by atoms with van der Waals surface area (Å²) in [5.74, 6) is 0.659. The van der Waals surface area contributed by atoms with Crippen LogP contribution in [0.5, 0.6) is 0 Å². The maximum absolute atomic E-state index is 14.2. The SMILES string of the molecule is C[C@H](Nc1nc(N)ncc1C#N)c1nc2cccc(-c3cccc(=O)n3C)c2c(=O)n1-c1ccccc1. The van der Waals surface area contributed by atoms with E-state index >= 15 is 0 Å². The number of benzene rings is 2. The van der Waals surface area contributed by atoms with E-state index in [9.17, 15) is 14.9 Å². The van der Waals surface area contributed by atoms with E-state index in [0.717, 1.165) is 0 Å². The number of fused-ring (bicyclic) bond motifs is 1. The van der Waals surface area contributed by atoms with Crippen LogP contribution < -0.4 is 22.2 Å². The van der Waals surface area contributed by atoms with Crippen LogP contribution >= 0.6 is 0 Å². The van der Waals surface area contributed by atoms with Gasteiger partial charge in [0.15, 0.2) is 0 Å². The van der Waals surface area contributed by atoms with Crippen molar-refractivity contribution >= 4 is 22.7 Å². The number of anilines is 2. The van der Waals surface area contributed by atoms with E-state index in [-0.39, 0.29) is 28.4 Å². The van der Waals surface area contributed by atoms with Crippen LogP contribution in [0.3, 0.4) is 0 Å². The molecule has 2 aromatic carbocycles. The van der Waals surface area contributed by atoms with Crippen LogP contribution in [0.1, 0.15) is 24.4 Å². The first-order valence-electron chi connectivity index (χ1n) is 11.5. The molecule has 37 heavy (non-hydrogen) atoms. The van der Waals surface area contributed by atoms with Gasteiger partial charge in [-0.05, 0) is 31.2 Å². The summed E-state index contributed by atoms with van der Waals surface area (Å²) in [5, 5.41) is 13.0. The maximum Gasteiger partial charge on any atom is 0.266 e. The number of hydrogen-bond acceptors (Lipinski definition) is 8. The molecule has 3 aromatic heterocycles. The first-order chi connectivity index (χ1) is 17.9. The summed E-state index contributed by atoms with van der Waals surface area (Å²) < 4.78 is 3.03. The minimum Gasteiger partial charge on any atom is -0.368 e. The van der Waals surface area contributed by atoms with Crippen LogP contribution in [0.25, 0.3) is 27.8 Å². The molecule has 0 saturated carbocycles. The average Bonchev–Trinajstić information content (AvgIpc) is 2.90. The van der Waals surface area contributed by atoms with Crippen molar-refractivity contribution in [3.8, 4) is 23.0 Å². The van der Waals surface area contributed by atoms with Gasteiger partial charge in [0.25, 0.3) is 11.1 Å². The molecule has 0 radical (unpaired) electrons. The van der Waals surface area contributed by atoms with E-state index in [0.29, 0.717) is 33.7 Å². The number of nitrogens with one attached hydrogen (secondary N) is 1. The second kappa shape index (κ2) is 9.39. The van der Waals surface area contributed by atoms with E-state index in [2.05, 4.69) is 15.3 Å². The third-order valence-electron chi connectivity index (χ3n) is 6.07. The predicted octanol–water partition coefficient (Wildman–Crippen LogP) is 3.17. The Labute approximate surface area is 211 Å². The third kappa shape index (κ3) is 4.19. The topological polar surface area (TPSA) is 145 Å². The lowest BCUT2D eigenvalue weighted by molar-refractivity contribution is 0.730. The van der Waals surface area contributed by atoms with Crippen LogP contribution in [-0.4, -0.2) is 24.1 Å². The first kappa shape index (κ1) is 23.4. The van der Waals surface area contributed by atoms with E-state index in [1.54, 1.807) is 37.4 Å². The van der Waals surface area contributed by atoms with Gasteiger partial charge in [0.05, 0.1) is 34.5 Å². The third-order valence-corrected chi connectivity index (χ3v) is 6.07. The standard InChI is InChI=1S/C27H22N8O2/c1-16(31-24-17(14-28)15-30-27(29)33-24)25-32-20-11-6-10-19(21-12-7-13-22(36)34(21)2)23(20)26(37)35(25)18-8-4-3-5-9-18/h3-13,15-16H,1-2H3,(H3,29,30,31,33)/t16-/m0/s1. The lowest BCUT2D eigenvalue weighted by Gasteiger charge is -2.21. The van der Waals surface area contributed by atoms with Crippen LogP contribution in [0.4, 0.5) is 11.8 Å². The molecular formula is C27H22N8O2. The van der Waals surface area contributed by atoms with E-state index in [1.165, 1.54) is 21.4 Å². The normalized spacial score (nSPS) is 11.7. The van der Waals surface area contributed by atoms with Crippen LogP contribution in [-0.2, 0) is 7.05 Å². The molecule has 1 atom stereocenters. The Kier molecular flexibility index (Phi) is 5.95. The Morgan fingerprint density at radius 3 is 2.51 bits per heavy atom. The van der Waals surface area contributed by atoms with Gasteiger partial charge in [-0.15, -0.1) is 0 Å². The molecule has 182 valence electrons. The van der Waals surface area contributed by atoms with E-state index in [1.807, 2.05) is 43.3 Å². The summed E-state index contributed by atoms with van der Waals surface area (Å²) in [7, 11) is 1.67. The van der Waals surface area contributed by atoms with Crippen molar-refractivity contribution in [3.05, 3.63) is 105 Å². The van der Waals surface area contributed by atoms with Crippen molar-refractivity contribution in [2.45, 2.75) is 13.0 Å². The summed E-state index contributed by atoms with van der Waals surface area (Å²) in [4.78, 5) is 39.4. The van der Waals surface area contributed by atoms with Gasteiger partial charge in [-0.2, -0.15) is 10.2 Å². The predicted molar refractivity (Wildman–Crippen MR) is 141 cm³/mol. The summed E-state index contributed by atoms with van der Waals surface area (Å²) in [6.45, 7) is 1.82. The lowest BCUT2D eigenvalue weighted by Crippen LogP contribution is -2.28. The smallest absolute Gasteiger partial charge is 0.266 e. The number of nitrogen functional groups attached to an aromatic ring is 1. The zero-order chi connectivity index (χ0) is 26.1. The molecule has 0 fully saturated rings. The van der Waals surface area contributed by atoms with Crippen molar-refractivity contribution < 1.29 is 0 Å². The highest BCUT2D eigenvalue weighted by atomic mass is 16.1. The van der Waals surface area contributed by atoms with Gasteiger partial charge < -0.3 is 15.6 Å². The minimum atomic E-state index is -0.552. The molecule has 3 heterocycles. The Hall–Kier alpha value is -5.30. The van der Waals surface area contributed by atoms with Crippen LogP contribution in [0.15, 0.2) is 82.5 Å². The lowest BCUT2D eigenvalue weighted by atomic mass is 10.0. The second-order valence-electron chi connectivity index (χ2n) is 8.42. The van der Waals surface area contributed by atoms with Crippen LogP contribution in [0, 0.1) is 11.3 Å². The number of aromatic nitrogens is 5. The Balaban J connectivity index is 1.78. The Bertz CT molecular complexity index is 1800. The van der Waals surface area contributed by atoms with Gasteiger partial charge >= 0.3 is 0 Å². The molecule has 0 aliphatic carbocycles. The molecule has 5 rings (SSSR count). The molecule has 10 nitrogen and oxygen atoms in total. The van der Waals surface area contributed by atoms with Gasteiger partial charge in [-0.3, -0.25) is 14.2 Å². The molecule has 10 heteroatoms. The quantitative estimate of drug-likeness (QED) is 0.382. The maximum atomic E-state index is 14.2. The summed E-state index contributed by atoms with van der Waals surface area (Å²) in [5.41, 5.74) is 7.76. The van der Waals surface area contributed by atoms with Gasteiger partial charge in [0.2, 0.25) is 5.95 Å². The zero-order valence-electron chi connectivity index (χ0n) is 20.1. The summed E-state index contributed by atoms with van der Waals surface area (Å²) >= 11 is 0. The van der Waals surface area contributed by atoms with Crippen molar-refractivity contribution in [3.63, 3.8) is 0 Å². The molecular weight excluding hydrogens is 468 g/mol. The number of nitrogens with zero attached hydrogens (tertiary/aromatic N) is 6. The molecule has 0 spiro atoms. The second-order valence-corrected chi connectivity index (χ2v) is 8.42.